The van der Waals surface area contributed by atoms with Crippen molar-refractivity contribution >= 4 is 17.0 Å². The summed E-state index contributed by atoms with van der Waals surface area (Å²) in [5.74, 6) is 0.481. The molecule has 0 aliphatic heterocycles. The van der Waals surface area contributed by atoms with E-state index in [1.807, 2.05) is 12.1 Å². The number of nitro groups is 1. The van der Waals surface area contributed by atoms with Crippen LogP contribution in [0, 0.1) is 10.1 Å². The molecule has 124 valence electrons. The second-order valence-corrected chi connectivity index (χ2v) is 6.51. The van der Waals surface area contributed by atoms with Gasteiger partial charge < -0.3 is 5.32 Å². The molecule has 4 nitrogen and oxygen atoms in total. The smallest absolute Gasteiger partial charge is 0.269 e. The molecule has 23 heavy (non-hydrogen) atoms. The van der Waals surface area contributed by atoms with E-state index in [0.29, 0.717) is 5.92 Å². The van der Waals surface area contributed by atoms with Gasteiger partial charge in [0.15, 0.2) is 0 Å². The molecule has 1 aromatic heterocycles. The monoisotopic (exact) mass is 332 g/mol. The highest BCUT2D eigenvalue weighted by molar-refractivity contribution is 7.07. The van der Waals surface area contributed by atoms with Crippen molar-refractivity contribution in [1.82, 2.24) is 5.32 Å². The fourth-order valence-corrected chi connectivity index (χ4v) is 3.44. The SMILES string of the molecule is CCC(CCCNCCc1ccsc1)c1ccc([N+](=O)[O-])cc1. The topological polar surface area (TPSA) is 55.2 Å². The van der Waals surface area contributed by atoms with Gasteiger partial charge >= 0.3 is 0 Å². The van der Waals surface area contributed by atoms with Crippen LogP contribution in [0.15, 0.2) is 41.1 Å². The molecule has 1 aromatic carbocycles. The third kappa shape index (κ3) is 5.77. The van der Waals surface area contributed by atoms with Gasteiger partial charge in [0.25, 0.3) is 5.69 Å². The van der Waals surface area contributed by atoms with E-state index in [1.165, 1.54) is 11.1 Å². The Morgan fingerprint density at radius 3 is 2.61 bits per heavy atom. The van der Waals surface area contributed by atoms with Crippen LogP contribution >= 0.6 is 11.3 Å². The van der Waals surface area contributed by atoms with Crippen LogP contribution in [0.5, 0.6) is 0 Å². The van der Waals surface area contributed by atoms with Crippen LogP contribution < -0.4 is 5.32 Å². The molecule has 1 N–H and O–H groups in total. The summed E-state index contributed by atoms with van der Waals surface area (Å²) in [5, 5.41) is 18.5. The van der Waals surface area contributed by atoms with Gasteiger partial charge in [-0.05, 0) is 72.6 Å². The number of benzene rings is 1. The molecule has 0 radical (unpaired) electrons. The van der Waals surface area contributed by atoms with Crippen LogP contribution in [0.3, 0.4) is 0 Å². The van der Waals surface area contributed by atoms with Crippen molar-refractivity contribution in [2.75, 3.05) is 13.1 Å². The number of non-ortho nitro benzene ring substituents is 1. The van der Waals surface area contributed by atoms with Crippen molar-refractivity contribution in [2.45, 2.75) is 38.5 Å². The summed E-state index contributed by atoms with van der Waals surface area (Å²) < 4.78 is 0. The standard InChI is InChI=1S/C18H24N2O2S/c1-2-16(17-5-7-18(8-6-17)20(21)22)4-3-11-19-12-9-15-10-13-23-14-15/h5-8,10,13-14,16,19H,2-4,9,11-12H2,1H3. The van der Waals surface area contributed by atoms with Crippen molar-refractivity contribution in [3.8, 4) is 0 Å². The summed E-state index contributed by atoms with van der Waals surface area (Å²) >= 11 is 1.75. The van der Waals surface area contributed by atoms with E-state index in [-0.39, 0.29) is 10.6 Å². The van der Waals surface area contributed by atoms with Gasteiger partial charge in [0.05, 0.1) is 4.92 Å². The fourth-order valence-electron chi connectivity index (χ4n) is 2.74. The Morgan fingerprint density at radius 1 is 1.22 bits per heavy atom. The Labute approximate surface area is 141 Å². The predicted molar refractivity (Wildman–Crippen MR) is 96.3 cm³/mol. The Morgan fingerprint density at radius 2 is 2.00 bits per heavy atom. The predicted octanol–water partition coefficient (Wildman–Crippen LogP) is 4.76. The lowest BCUT2D eigenvalue weighted by Gasteiger charge is -2.15. The first-order valence-corrected chi connectivity index (χ1v) is 9.11. The minimum absolute atomic E-state index is 0.165. The summed E-state index contributed by atoms with van der Waals surface area (Å²) in [5.41, 5.74) is 2.77. The van der Waals surface area contributed by atoms with Crippen LogP contribution in [-0.2, 0) is 6.42 Å². The van der Waals surface area contributed by atoms with Crippen LogP contribution in [0.4, 0.5) is 5.69 Å². The molecule has 0 saturated heterocycles. The lowest BCUT2D eigenvalue weighted by molar-refractivity contribution is -0.384. The third-order valence-corrected chi connectivity index (χ3v) is 4.88. The minimum Gasteiger partial charge on any atom is -0.316 e. The van der Waals surface area contributed by atoms with E-state index in [0.717, 1.165) is 38.8 Å². The van der Waals surface area contributed by atoms with Crippen molar-refractivity contribution in [3.05, 3.63) is 62.3 Å². The maximum absolute atomic E-state index is 10.7. The first kappa shape index (κ1) is 17.6. The van der Waals surface area contributed by atoms with E-state index in [1.54, 1.807) is 23.5 Å². The van der Waals surface area contributed by atoms with Gasteiger partial charge in [-0.1, -0.05) is 19.1 Å². The van der Waals surface area contributed by atoms with E-state index >= 15 is 0 Å². The molecule has 0 aliphatic rings. The summed E-state index contributed by atoms with van der Waals surface area (Å²) in [6, 6.07) is 9.19. The van der Waals surface area contributed by atoms with Gasteiger partial charge in [-0.25, -0.2) is 0 Å². The molecule has 0 bridgehead atoms. The van der Waals surface area contributed by atoms with E-state index in [2.05, 4.69) is 29.1 Å². The molecule has 2 aromatic rings. The molecular weight excluding hydrogens is 308 g/mol. The number of nitrogens with zero attached hydrogens (tertiary/aromatic N) is 1. The Balaban J connectivity index is 1.69. The van der Waals surface area contributed by atoms with Crippen LogP contribution in [0.1, 0.15) is 43.2 Å². The number of rotatable bonds is 10. The average molecular weight is 332 g/mol. The van der Waals surface area contributed by atoms with Gasteiger partial charge in [-0.2, -0.15) is 11.3 Å². The molecule has 5 heteroatoms. The largest absolute Gasteiger partial charge is 0.316 e. The molecule has 0 spiro atoms. The molecule has 0 fully saturated rings. The zero-order valence-corrected chi connectivity index (χ0v) is 14.3. The van der Waals surface area contributed by atoms with Crippen LogP contribution in [-0.4, -0.2) is 18.0 Å². The quantitative estimate of drug-likeness (QED) is 0.387. The first-order chi connectivity index (χ1) is 11.2. The average Bonchev–Trinajstić information content (AvgIpc) is 3.08. The summed E-state index contributed by atoms with van der Waals surface area (Å²) in [6.45, 7) is 4.22. The van der Waals surface area contributed by atoms with E-state index in [9.17, 15) is 10.1 Å². The lowest BCUT2D eigenvalue weighted by Crippen LogP contribution is -2.18. The van der Waals surface area contributed by atoms with Crippen molar-refractivity contribution in [1.29, 1.82) is 0 Å². The molecule has 1 heterocycles. The summed E-state index contributed by atoms with van der Waals surface area (Å²) in [7, 11) is 0. The van der Waals surface area contributed by atoms with Gasteiger partial charge in [0.2, 0.25) is 0 Å². The highest BCUT2D eigenvalue weighted by Crippen LogP contribution is 2.26. The molecule has 0 aliphatic carbocycles. The molecule has 0 amide bonds. The summed E-state index contributed by atoms with van der Waals surface area (Å²) in [4.78, 5) is 10.4. The Hall–Kier alpha value is -1.72. The van der Waals surface area contributed by atoms with Gasteiger partial charge in [-0.15, -0.1) is 0 Å². The maximum atomic E-state index is 10.7. The van der Waals surface area contributed by atoms with Crippen LogP contribution in [0.2, 0.25) is 0 Å². The van der Waals surface area contributed by atoms with Gasteiger partial charge in [-0.3, -0.25) is 10.1 Å². The van der Waals surface area contributed by atoms with E-state index in [4.69, 9.17) is 0 Å². The molecule has 1 atom stereocenters. The molecule has 0 saturated carbocycles. The zero-order valence-electron chi connectivity index (χ0n) is 13.5. The second-order valence-electron chi connectivity index (χ2n) is 5.73. The minimum atomic E-state index is -0.345. The number of hydrogen-bond acceptors (Lipinski definition) is 4. The highest BCUT2D eigenvalue weighted by atomic mass is 32.1. The Bertz CT molecular complexity index is 582. The molecular formula is C18H24N2O2S. The number of hydrogen-bond donors (Lipinski definition) is 1. The van der Waals surface area contributed by atoms with Gasteiger partial charge in [0.1, 0.15) is 0 Å². The van der Waals surface area contributed by atoms with Crippen molar-refractivity contribution < 1.29 is 4.92 Å². The molecule has 2 rings (SSSR count). The Kier molecular flexibility index (Phi) is 7.23. The van der Waals surface area contributed by atoms with Crippen molar-refractivity contribution in [2.24, 2.45) is 0 Å². The second kappa shape index (κ2) is 9.43. The normalized spacial score (nSPS) is 12.2. The van der Waals surface area contributed by atoms with E-state index < -0.39 is 0 Å². The lowest BCUT2D eigenvalue weighted by atomic mass is 9.92. The zero-order chi connectivity index (χ0) is 16.5. The fraction of sp³-hybridized carbons (Fsp3) is 0.444. The maximum Gasteiger partial charge on any atom is 0.269 e. The number of thiophene rings is 1. The van der Waals surface area contributed by atoms with Gasteiger partial charge in [0, 0.05) is 12.1 Å². The van der Waals surface area contributed by atoms with Crippen molar-refractivity contribution in [3.63, 3.8) is 0 Å². The molecule has 1 unspecified atom stereocenters. The third-order valence-electron chi connectivity index (χ3n) is 4.14. The van der Waals surface area contributed by atoms with Crippen LogP contribution in [0.25, 0.3) is 0 Å². The number of nitrogens with one attached hydrogen (secondary N) is 1. The summed E-state index contributed by atoms with van der Waals surface area (Å²) in [6.07, 6.45) is 4.38. The first-order valence-electron chi connectivity index (χ1n) is 8.17. The number of nitro benzene ring substituents is 1. The highest BCUT2D eigenvalue weighted by Gasteiger charge is 2.11.